The minimum absolute atomic E-state index is 0.256. The van der Waals surface area contributed by atoms with Crippen molar-refractivity contribution >= 4 is 14.2 Å². The quantitative estimate of drug-likeness (QED) is 0.285. The van der Waals surface area contributed by atoms with Crippen LogP contribution in [0.2, 0.25) is 0 Å². The van der Waals surface area contributed by atoms with E-state index in [-0.39, 0.29) is 5.57 Å². The summed E-state index contributed by atoms with van der Waals surface area (Å²) in [5.74, 6) is -0.588. The molecule has 5 nitrogen and oxygen atoms in total. The highest BCUT2D eigenvalue weighted by atomic mass is 31.1. The fourth-order valence-corrected chi connectivity index (χ4v) is 0.543. The van der Waals surface area contributed by atoms with Crippen molar-refractivity contribution in [3.8, 4) is 0 Å². The van der Waals surface area contributed by atoms with Crippen molar-refractivity contribution in [3.63, 3.8) is 0 Å². The van der Waals surface area contributed by atoms with Crippen LogP contribution in [0.25, 0.3) is 0 Å². The van der Waals surface area contributed by atoms with Gasteiger partial charge in [-0.1, -0.05) is 11.1 Å². The van der Waals surface area contributed by atoms with Crippen LogP contribution in [0.15, 0.2) is 12.2 Å². The van der Waals surface area contributed by atoms with Gasteiger partial charge in [0.1, 0.15) is 0 Å². The minimum atomic E-state index is -2.19. The van der Waals surface area contributed by atoms with Crippen LogP contribution in [0.5, 0.6) is 0 Å². The minimum Gasteiger partial charge on any atom is -0.430 e. The summed E-state index contributed by atoms with van der Waals surface area (Å²) in [4.78, 5) is 10.7. The van der Waals surface area contributed by atoms with Crippen molar-refractivity contribution in [1.29, 1.82) is 0 Å². The van der Waals surface area contributed by atoms with Gasteiger partial charge in [-0.05, 0) is 6.92 Å². The first-order chi connectivity index (χ1) is 5.57. The van der Waals surface area contributed by atoms with Crippen molar-refractivity contribution in [2.45, 2.75) is 6.92 Å². The number of hydrogen-bond acceptors (Lipinski definition) is 5. The Labute approximate surface area is 71.3 Å². The molecule has 0 aliphatic carbocycles. The van der Waals surface area contributed by atoms with Crippen molar-refractivity contribution in [1.82, 2.24) is 0 Å². The zero-order chi connectivity index (χ0) is 9.56. The molecule has 0 aliphatic rings. The summed E-state index contributed by atoms with van der Waals surface area (Å²) in [6.07, 6.45) is 0. The molecule has 0 radical (unpaired) electrons. The smallest absolute Gasteiger partial charge is 0.430 e. The molecule has 0 aromatic rings. The van der Waals surface area contributed by atoms with Crippen LogP contribution in [0.1, 0.15) is 6.92 Å². The first-order valence-electron chi connectivity index (χ1n) is 3.05. The second-order valence-corrected chi connectivity index (χ2v) is 2.94. The van der Waals surface area contributed by atoms with Crippen LogP contribution in [0.3, 0.4) is 0 Å². The molecule has 1 unspecified atom stereocenters. The van der Waals surface area contributed by atoms with Gasteiger partial charge in [-0.3, -0.25) is 0 Å². The van der Waals surface area contributed by atoms with E-state index >= 15 is 0 Å². The lowest BCUT2D eigenvalue weighted by Gasteiger charge is -1.97. The normalized spacial score (nSPS) is 10.7. The molecule has 0 aliphatic heterocycles. The zero-order valence-corrected chi connectivity index (χ0v) is 7.80. The molecule has 0 amide bonds. The fraction of sp³-hybridized carbons (Fsp3) is 0.500. The van der Waals surface area contributed by atoms with Gasteiger partial charge in [-0.2, -0.15) is 0 Å². The van der Waals surface area contributed by atoms with Gasteiger partial charge < -0.3 is 4.74 Å². The van der Waals surface area contributed by atoms with Crippen LogP contribution in [0.4, 0.5) is 0 Å². The van der Waals surface area contributed by atoms with E-state index in [4.69, 9.17) is 0 Å². The van der Waals surface area contributed by atoms with Gasteiger partial charge >= 0.3 is 14.2 Å². The summed E-state index contributed by atoms with van der Waals surface area (Å²) in [5, 5.41) is 0. The molecule has 0 fully saturated rings. The Bertz CT molecular complexity index is 200. The van der Waals surface area contributed by atoms with E-state index < -0.39 is 21.0 Å². The third-order valence-corrected chi connectivity index (χ3v) is 1.46. The topological polar surface area (TPSA) is 61.8 Å². The van der Waals surface area contributed by atoms with Crippen molar-refractivity contribution in [3.05, 3.63) is 12.2 Å². The Balaban J connectivity index is 3.50. The first kappa shape index (κ1) is 11.2. The molecule has 6 heteroatoms. The third-order valence-electron chi connectivity index (χ3n) is 0.846. The van der Waals surface area contributed by atoms with E-state index in [0.29, 0.717) is 0 Å². The van der Waals surface area contributed by atoms with E-state index in [1.807, 2.05) is 0 Å². The average molecular weight is 193 g/mol. The molecule has 0 heterocycles. The largest absolute Gasteiger partial charge is 0.700 e. The zero-order valence-electron chi connectivity index (χ0n) is 6.90. The van der Waals surface area contributed by atoms with Crippen LogP contribution < -0.4 is 0 Å². The molecule has 0 aromatic carbocycles. The average Bonchev–Trinajstić information content (AvgIpc) is 2.03. The van der Waals surface area contributed by atoms with Crippen LogP contribution in [0, 0.1) is 0 Å². The lowest BCUT2D eigenvalue weighted by atomic mass is 10.4. The molecule has 0 rings (SSSR count). The summed E-state index contributed by atoms with van der Waals surface area (Å²) in [6, 6.07) is 0. The van der Waals surface area contributed by atoms with Crippen LogP contribution in [-0.2, 0) is 23.1 Å². The highest BCUT2D eigenvalue weighted by molar-refractivity contribution is 7.33. The fourth-order valence-electron chi connectivity index (χ4n) is 0.299. The van der Waals surface area contributed by atoms with E-state index in [9.17, 15) is 9.36 Å². The Morgan fingerprint density at radius 2 is 2.17 bits per heavy atom. The predicted octanol–water partition coefficient (Wildman–Crippen LogP) is 1.38. The highest BCUT2D eigenvalue weighted by Crippen LogP contribution is 2.20. The van der Waals surface area contributed by atoms with E-state index in [2.05, 4.69) is 20.4 Å². The summed E-state index contributed by atoms with van der Waals surface area (Å²) < 4.78 is 23.6. The molecular weight excluding hydrogens is 183 g/mol. The Kier molecular flexibility index (Phi) is 5.45. The highest BCUT2D eigenvalue weighted by Gasteiger charge is 2.17. The van der Waals surface area contributed by atoms with Gasteiger partial charge in [0.2, 0.25) is 6.79 Å². The van der Waals surface area contributed by atoms with Gasteiger partial charge in [0.05, 0.1) is 7.11 Å². The van der Waals surface area contributed by atoms with Crippen molar-refractivity contribution < 1.29 is 23.1 Å². The summed E-state index contributed by atoms with van der Waals surface area (Å²) in [7, 11) is -0.964. The number of carbonyl (C=O) groups is 1. The van der Waals surface area contributed by atoms with Gasteiger partial charge in [0, 0.05) is 10.1 Å². The molecule has 1 atom stereocenters. The van der Waals surface area contributed by atoms with Crippen LogP contribution >= 0.6 is 8.25 Å². The number of hydrogen-bond donors (Lipinski definition) is 0. The van der Waals surface area contributed by atoms with Crippen molar-refractivity contribution in [2.24, 2.45) is 0 Å². The Morgan fingerprint density at radius 1 is 1.58 bits per heavy atom. The monoisotopic (exact) mass is 193 g/mol. The molecule has 0 bridgehead atoms. The number of ether oxygens (including phenoxy) is 1. The standard InChI is InChI=1S/C6H10O5P/c1-5(2)6(7)10-4-11-12(8)9-3/h1,4H2,2-3H3/q+1. The van der Waals surface area contributed by atoms with Gasteiger partial charge in [0.15, 0.2) is 0 Å². The van der Waals surface area contributed by atoms with E-state index in [0.717, 1.165) is 0 Å². The molecule has 0 aromatic heterocycles. The third kappa shape index (κ3) is 4.96. The lowest BCUT2D eigenvalue weighted by Crippen LogP contribution is -2.06. The predicted molar refractivity (Wildman–Crippen MR) is 41.5 cm³/mol. The summed E-state index contributed by atoms with van der Waals surface area (Å²) >= 11 is 0. The van der Waals surface area contributed by atoms with E-state index in [1.165, 1.54) is 14.0 Å². The Morgan fingerprint density at radius 3 is 2.58 bits per heavy atom. The second-order valence-electron chi connectivity index (χ2n) is 1.87. The van der Waals surface area contributed by atoms with Crippen molar-refractivity contribution in [2.75, 3.05) is 13.9 Å². The summed E-state index contributed by atoms with van der Waals surface area (Å²) in [5.41, 5.74) is 0.256. The molecular formula is C6H10O5P+. The van der Waals surface area contributed by atoms with Gasteiger partial charge in [-0.15, -0.1) is 4.52 Å². The molecule has 12 heavy (non-hydrogen) atoms. The number of carbonyl (C=O) groups excluding carboxylic acids is 1. The molecule has 0 spiro atoms. The lowest BCUT2D eigenvalue weighted by molar-refractivity contribution is -0.145. The Hall–Kier alpha value is -0.770. The van der Waals surface area contributed by atoms with E-state index in [1.54, 1.807) is 0 Å². The number of rotatable bonds is 5. The second kappa shape index (κ2) is 5.83. The number of esters is 1. The summed E-state index contributed by atoms with van der Waals surface area (Å²) in [6.45, 7) is 4.44. The SMILES string of the molecule is C=C(C)C(=O)OCO[P+](=O)OC. The molecule has 0 saturated heterocycles. The first-order valence-corrected chi connectivity index (χ1v) is 4.14. The van der Waals surface area contributed by atoms with Gasteiger partial charge in [0.25, 0.3) is 0 Å². The molecule has 0 saturated carbocycles. The maximum absolute atomic E-state index is 10.7. The van der Waals surface area contributed by atoms with Crippen LogP contribution in [-0.4, -0.2) is 19.9 Å². The maximum Gasteiger partial charge on any atom is 0.700 e. The molecule has 0 N–H and O–H groups in total. The van der Waals surface area contributed by atoms with Gasteiger partial charge in [-0.25, -0.2) is 4.79 Å². The maximum atomic E-state index is 10.7. The molecule has 68 valence electrons.